The molecule has 0 spiro atoms. The third-order valence-electron chi connectivity index (χ3n) is 7.12. The highest BCUT2D eigenvalue weighted by Crippen LogP contribution is 2.31. The topological polar surface area (TPSA) is 149 Å². The predicted octanol–water partition coefficient (Wildman–Crippen LogP) is 1.03. The van der Waals surface area contributed by atoms with Gasteiger partial charge in [0.2, 0.25) is 5.67 Å². The fraction of sp³-hybridized carbons (Fsp3) is 0.462. The molecular weight excluding hydrogens is 489 g/mol. The molecule has 38 heavy (non-hydrogen) atoms. The van der Waals surface area contributed by atoms with E-state index >= 15 is 4.39 Å². The molecule has 2 aromatic heterocycles. The van der Waals surface area contributed by atoms with Gasteiger partial charge in [0.1, 0.15) is 11.6 Å². The lowest BCUT2D eigenvalue weighted by molar-refractivity contribution is -0.162. The molecule has 2 fully saturated rings. The first kappa shape index (κ1) is 26.8. The fourth-order valence-electron chi connectivity index (χ4n) is 4.95. The summed E-state index contributed by atoms with van der Waals surface area (Å²) >= 11 is 0. The Bertz CT molecular complexity index is 1380. The number of rotatable bonds is 6. The predicted molar refractivity (Wildman–Crippen MR) is 140 cm³/mol. The maximum Gasteiger partial charge on any atom is 0.298 e. The Morgan fingerprint density at radius 1 is 1.32 bits per heavy atom. The van der Waals surface area contributed by atoms with Crippen molar-refractivity contribution in [3.05, 3.63) is 35.3 Å². The van der Waals surface area contributed by atoms with Crippen LogP contribution in [0.4, 0.5) is 10.1 Å². The van der Waals surface area contributed by atoms with Gasteiger partial charge in [-0.25, -0.2) is 14.7 Å². The fourth-order valence-corrected chi connectivity index (χ4v) is 4.95. The summed E-state index contributed by atoms with van der Waals surface area (Å²) in [4.78, 5) is 27.3. The van der Waals surface area contributed by atoms with E-state index in [2.05, 4.69) is 28.3 Å². The van der Waals surface area contributed by atoms with Crippen molar-refractivity contribution in [1.29, 1.82) is 5.26 Å². The second-order valence-electron chi connectivity index (χ2n) is 9.57. The minimum absolute atomic E-state index is 0.0979. The van der Waals surface area contributed by atoms with Crippen molar-refractivity contribution in [1.82, 2.24) is 24.4 Å². The zero-order valence-corrected chi connectivity index (χ0v) is 21.8. The molecule has 4 heterocycles. The number of nitrogens with two attached hydrogens (primary N) is 2. The average Bonchev–Trinajstić information content (AvgIpc) is 3.33. The van der Waals surface area contributed by atoms with Crippen LogP contribution in [0.2, 0.25) is 0 Å². The largest absolute Gasteiger partial charge is 0.397 e. The number of carbonyl (C=O) groups is 2. The molecule has 0 aliphatic carbocycles. The molecule has 4 rings (SSSR count). The van der Waals surface area contributed by atoms with Crippen molar-refractivity contribution < 1.29 is 14.0 Å². The molecular formula is C26H32FN9O2. The number of hydrogen-bond donors (Lipinski definition) is 3. The lowest BCUT2D eigenvalue weighted by atomic mass is 9.92. The van der Waals surface area contributed by atoms with E-state index < -0.39 is 17.5 Å². The van der Waals surface area contributed by atoms with E-state index in [1.807, 2.05) is 19.9 Å². The molecule has 200 valence electrons. The molecule has 11 nitrogen and oxygen atoms in total. The number of nitrogens with one attached hydrogen (secondary N) is 1. The van der Waals surface area contributed by atoms with Crippen LogP contribution in [-0.4, -0.2) is 80.7 Å². The van der Waals surface area contributed by atoms with Gasteiger partial charge in [-0.15, -0.1) is 0 Å². The van der Waals surface area contributed by atoms with Gasteiger partial charge in [0, 0.05) is 43.1 Å². The highest BCUT2D eigenvalue weighted by atomic mass is 19.1. The average molecular weight is 522 g/mol. The molecule has 0 bridgehead atoms. The lowest BCUT2D eigenvalue weighted by Gasteiger charge is -2.46. The molecule has 2 amide bonds. The number of aromatic nitrogens is 2. The Morgan fingerprint density at radius 3 is 2.61 bits per heavy atom. The molecule has 2 saturated heterocycles. The molecule has 0 saturated carbocycles. The van der Waals surface area contributed by atoms with Crippen LogP contribution < -0.4 is 16.9 Å². The van der Waals surface area contributed by atoms with E-state index in [1.54, 1.807) is 15.7 Å². The van der Waals surface area contributed by atoms with Crippen molar-refractivity contribution in [2.45, 2.75) is 45.3 Å². The van der Waals surface area contributed by atoms with Crippen LogP contribution in [0.1, 0.15) is 44.7 Å². The summed E-state index contributed by atoms with van der Waals surface area (Å²) in [7, 11) is 0. The van der Waals surface area contributed by atoms with Gasteiger partial charge in [0.15, 0.2) is 0 Å². The number of allylic oxidation sites excluding steroid dienone is 1. The number of piperidine rings is 1. The summed E-state index contributed by atoms with van der Waals surface area (Å²) in [6.45, 7) is 6.12. The molecule has 2 aliphatic heterocycles. The number of carbonyl (C=O) groups excluding carboxylic acids is 2. The Kier molecular flexibility index (Phi) is 7.46. The van der Waals surface area contributed by atoms with Gasteiger partial charge in [-0.2, -0.15) is 10.4 Å². The first-order valence-electron chi connectivity index (χ1n) is 12.5. The van der Waals surface area contributed by atoms with Gasteiger partial charge in [0.05, 0.1) is 36.2 Å². The Balaban J connectivity index is 1.43. The number of amides is 2. The molecule has 0 unspecified atom stereocenters. The first-order chi connectivity index (χ1) is 18.1. The first-order valence-corrected chi connectivity index (χ1v) is 12.5. The summed E-state index contributed by atoms with van der Waals surface area (Å²) in [6, 6.07) is 3.92. The molecule has 0 aromatic carbocycles. The van der Waals surface area contributed by atoms with Crippen LogP contribution in [0.3, 0.4) is 0 Å². The second-order valence-corrected chi connectivity index (χ2v) is 9.57. The highest BCUT2D eigenvalue weighted by molar-refractivity contribution is 5.97. The zero-order chi connectivity index (χ0) is 27.6. The maximum atomic E-state index is 15.1. The number of alkyl halides is 1. The van der Waals surface area contributed by atoms with Crippen molar-refractivity contribution in [2.75, 3.05) is 38.0 Å². The summed E-state index contributed by atoms with van der Waals surface area (Å²) in [5.41, 5.74) is 8.13. The molecule has 12 heteroatoms. The van der Waals surface area contributed by atoms with E-state index in [1.165, 1.54) is 22.9 Å². The van der Waals surface area contributed by atoms with Gasteiger partial charge < -0.3 is 25.9 Å². The van der Waals surface area contributed by atoms with Gasteiger partial charge >= 0.3 is 0 Å². The number of anilines is 1. The Hall–Kier alpha value is -4.29. The number of fused-ring (bicyclic) bond motifs is 1. The number of nitriles is 1. The highest BCUT2D eigenvalue weighted by Gasteiger charge is 2.53. The lowest BCUT2D eigenvalue weighted by Crippen LogP contribution is -2.68. The Morgan fingerprint density at radius 2 is 2.00 bits per heavy atom. The monoisotopic (exact) mass is 521 g/mol. The van der Waals surface area contributed by atoms with Crippen LogP contribution >= 0.6 is 0 Å². The number of nitrogens with zero attached hydrogens (tertiary/aromatic N) is 6. The number of hydrogen-bond acceptors (Lipinski definition) is 8. The van der Waals surface area contributed by atoms with Crippen molar-refractivity contribution in [2.24, 2.45) is 11.6 Å². The second kappa shape index (κ2) is 10.6. The maximum absolute atomic E-state index is 15.1. The number of pyridine rings is 1. The standard InChI is InChI=1S/C26H32FN9O2/c1-4-6-22(37)34-15-26(27,16-34)25(38)33-9-7-20(8-10-33)36(30)17(3)23(29)18-11-21(31-5-2)24-19(12-28)13-32-35(24)14-18/h11,13-14,20,31H,5,7-10,15-16,29-30H2,1-3H3/b23-17-. The molecule has 2 aromatic rings. The normalized spacial score (nSPS) is 17.6. The minimum atomic E-state index is -2.07. The summed E-state index contributed by atoms with van der Waals surface area (Å²) in [5.74, 6) is 10.3. The van der Waals surface area contributed by atoms with Crippen LogP contribution in [0.5, 0.6) is 0 Å². The number of hydrazine groups is 1. The number of likely N-dealkylation sites (tertiary alicyclic amines) is 2. The molecule has 5 N–H and O–H groups in total. The van der Waals surface area contributed by atoms with Gasteiger partial charge in [-0.1, -0.05) is 5.92 Å². The summed E-state index contributed by atoms with van der Waals surface area (Å²) in [5, 5.41) is 18.6. The van der Waals surface area contributed by atoms with E-state index in [0.717, 1.165) is 5.69 Å². The van der Waals surface area contributed by atoms with E-state index in [0.29, 0.717) is 60.5 Å². The van der Waals surface area contributed by atoms with Gasteiger partial charge in [0.25, 0.3) is 11.8 Å². The van der Waals surface area contributed by atoms with Crippen molar-refractivity contribution in [3.8, 4) is 17.9 Å². The minimum Gasteiger partial charge on any atom is -0.397 e. The molecule has 0 radical (unpaired) electrons. The van der Waals surface area contributed by atoms with Gasteiger partial charge in [-0.05, 0) is 45.6 Å². The summed E-state index contributed by atoms with van der Waals surface area (Å²) in [6.07, 6.45) is 4.35. The quantitative estimate of drug-likeness (QED) is 0.290. The third kappa shape index (κ3) is 4.83. The Labute approximate surface area is 220 Å². The SMILES string of the molecule is CC#CC(=O)N1CC(F)(C(=O)N2CCC(N(N)/C(C)=C(\N)c3cc(NCC)c4c(C#N)cnn4c3)CC2)C1. The van der Waals surface area contributed by atoms with E-state index in [9.17, 15) is 14.9 Å². The molecule has 2 aliphatic rings. The van der Waals surface area contributed by atoms with E-state index in [4.69, 9.17) is 11.6 Å². The van der Waals surface area contributed by atoms with Crippen LogP contribution in [0, 0.1) is 23.2 Å². The summed E-state index contributed by atoms with van der Waals surface area (Å²) < 4.78 is 16.7. The van der Waals surface area contributed by atoms with Crippen molar-refractivity contribution >= 4 is 28.7 Å². The zero-order valence-electron chi connectivity index (χ0n) is 21.8. The van der Waals surface area contributed by atoms with Gasteiger partial charge in [-0.3, -0.25) is 9.59 Å². The van der Waals surface area contributed by atoms with Crippen LogP contribution in [-0.2, 0) is 9.59 Å². The van der Waals surface area contributed by atoms with Crippen LogP contribution in [0.15, 0.2) is 24.2 Å². The third-order valence-corrected chi connectivity index (χ3v) is 7.12. The van der Waals surface area contributed by atoms with Crippen molar-refractivity contribution in [3.63, 3.8) is 0 Å². The van der Waals surface area contributed by atoms with Crippen LogP contribution in [0.25, 0.3) is 11.2 Å². The molecule has 0 atom stereocenters. The number of halogens is 1. The smallest absolute Gasteiger partial charge is 0.298 e. The van der Waals surface area contributed by atoms with E-state index in [-0.39, 0.29) is 19.1 Å².